The molecule has 2 aromatic heterocycles. The van der Waals surface area contributed by atoms with Crippen molar-refractivity contribution in [2.75, 3.05) is 5.32 Å². The number of hydrogen-bond donors (Lipinski definition) is 1. The van der Waals surface area contributed by atoms with Crippen molar-refractivity contribution in [1.29, 1.82) is 5.26 Å². The zero-order chi connectivity index (χ0) is 23.3. The average molecular weight is 431 g/mol. The smallest absolute Gasteiger partial charge is 0.314 e. The second-order valence-electron chi connectivity index (χ2n) is 7.66. The van der Waals surface area contributed by atoms with Crippen molar-refractivity contribution in [2.24, 2.45) is 0 Å². The van der Waals surface area contributed by atoms with E-state index < -0.39 is 4.92 Å². The van der Waals surface area contributed by atoms with Gasteiger partial charge in [0.15, 0.2) is 0 Å². The number of unbranched alkanes of at least 4 members (excludes halogenated alkanes) is 1. The van der Waals surface area contributed by atoms with Crippen LogP contribution in [-0.4, -0.2) is 20.4 Å². The maximum absolute atomic E-state index is 12.2. The van der Waals surface area contributed by atoms with Crippen molar-refractivity contribution in [3.63, 3.8) is 0 Å². The number of nitrogens with zero attached hydrogens (tertiary/aromatic N) is 4. The van der Waals surface area contributed by atoms with Crippen LogP contribution in [-0.2, 0) is 13.0 Å². The maximum atomic E-state index is 12.2. The summed E-state index contributed by atoms with van der Waals surface area (Å²) in [6, 6.07) is 15.4. The quantitative estimate of drug-likeness (QED) is 0.298. The SMILES string of the molecule is CC(=O)n1c(CCCC#N)ccc1-c1ccc(CNc2nc(C)cc(C)c2[N+](=O)[O-])cc1. The van der Waals surface area contributed by atoms with E-state index in [0.717, 1.165) is 22.5 Å². The summed E-state index contributed by atoms with van der Waals surface area (Å²) in [6.45, 7) is 5.41. The Kier molecular flexibility index (Phi) is 7.00. The first kappa shape index (κ1) is 22.7. The fourth-order valence-corrected chi connectivity index (χ4v) is 3.78. The number of aryl methyl sites for hydroxylation is 3. The Morgan fingerprint density at radius 2 is 1.94 bits per heavy atom. The fraction of sp³-hybridized carbons (Fsp3) is 0.292. The summed E-state index contributed by atoms with van der Waals surface area (Å²) in [7, 11) is 0. The fourth-order valence-electron chi connectivity index (χ4n) is 3.78. The van der Waals surface area contributed by atoms with Crippen LogP contribution >= 0.6 is 0 Å². The zero-order valence-corrected chi connectivity index (χ0v) is 18.4. The molecule has 2 heterocycles. The van der Waals surface area contributed by atoms with Crippen LogP contribution in [0.3, 0.4) is 0 Å². The van der Waals surface area contributed by atoms with Crippen molar-refractivity contribution in [3.8, 4) is 17.3 Å². The minimum absolute atomic E-state index is 0.0181. The second kappa shape index (κ2) is 9.88. The lowest BCUT2D eigenvalue weighted by atomic mass is 10.1. The average Bonchev–Trinajstić information content (AvgIpc) is 3.16. The van der Waals surface area contributed by atoms with Crippen molar-refractivity contribution >= 4 is 17.4 Å². The predicted molar refractivity (Wildman–Crippen MR) is 122 cm³/mol. The van der Waals surface area contributed by atoms with Gasteiger partial charge in [-0.15, -0.1) is 0 Å². The number of hydrogen-bond acceptors (Lipinski definition) is 6. The summed E-state index contributed by atoms with van der Waals surface area (Å²) < 4.78 is 1.69. The number of rotatable bonds is 8. The molecule has 0 unspecified atom stereocenters. The van der Waals surface area contributed by atoms with Crippen LogP contribution in [0.2, 0.25) is 0 Å². The van der Waals surface area contributed by atoms with E-state index in [-0.39, 0.29) is 17.4 Å². The number of aromatic nitrogens is 2. The summed E-state index contributed by atoms with van der Waals surface area (Å²) in [5, 5.41) is 23.2. The van der Waals surface area contributed by atoms with Gasteiger partial charge >= 0.3 is 5.69 Å². The van der Waals surface area contributed by atoms with E-state index in [1.54, 1.807) is 24.5 Å². The zero-order valence-electron chi connectivity index (χ0n) is 18.4. The Morgan fingerprint density at radius 1 is 1.22 bits per heavy atom. The number of nitriles is 1. The number of nitrogens with one attached hydrogen (secondary N) is 1. The van der Waals surface area contributed by atoms with E-state index in [0.29, 0.717) is 37.1 Å². The van der Waals surface area contributed by atoms with E-state index in [2.05, 4.69) is 16.4 Å². The molecule has 3 rings (SSSR count). The summed E-state index contributed by atoms with van der Waals surface area (Å²) in [5.41, 5.74) is 4.77. The van der Waals surface area contributed by atoms with E-state index in [4.69, 9.17) is 5.26 Å². The van der Waals surface area contributed by atoms with E-state index >= 15 is 0 Å². The molecule has 32 heavy (non-hydrogen) atoms. The standard InChI is InChI=1S/C24H25N5O3/c1-16-14-17(2)27-24(23(16)29(31)32)26-15-19-7-9-20(10-8-19)22-12-11-21(6-4-5-13-25)28(22)18(3)30/h7-12,14H,4-6,15H2,1-3H3,(H,26,27). The lowest BCUT2D eigenvalue weighted by molar-refractivity contribution is -0.384. The van der Waals surface area contributed by atoms with Crippen molar-refractivity contribution in [1.82, 2.24) is 9.55 Å². The lowest BCUT2D eigenvalue weighted by Gasteiger charge is -2.11. The molecule has 0 saturated heterocycles. The molecule has 8 heteroatoms. The van der Waals surface area contributed by atoms with Crippen LogP contribution in [0.5, 0.6) is 0 Å². The first-order valence-corrected chi connectivity index (χ1v) is 10.4. The molecule has 0 atom stereocenters. The van der Waals surface area contributed by atoms with Gasteiger partial charge in [0.1, 0.15) is 0 Å². The summed E-state index contributed by atoms with van der Waals surface area (Å²) in [6.07, 6.45) is 1.82. The summed E-state index contributed by atoms with van der Waals surface area (Å²) in [4.78, 5) is 27.5. The lowest BCUT2D eigenvalue weighted by Crippen LogP contribution is -2.11. The van der Waals surface area contributed by atoms with Crippen LogP contribution in [0.25, 0.3) is 11.3 Å². The molecule has 0 aliphatic carbocycles. The maximum Gasteiger partial charge on any atom is 0.314 e. The predicted octanol–water partition coefficient (Wildman–Crippen LogP) is 5.19. The highest BCUT2D eigenvalue weighted by Crippen LogP contribution is 2.28. The highest BCUT2D eigenvalue weighted by Gasteiger charge is 2.19. The Morgan fingerprint density at radius 3 is 2.56 bits per heavy atom. The molecule has 0 saturated carbocycles. The largest absolute Gasteiger partial charge is 0.360 e. The molecule has 0 amide bonds. The van der Waals surface area contributed by atoms with Crippen molar-refractivity contribution < 1.29 is 9.72 Å². The highest BCUT2D eigenvalue weighted by atomic mass is 16.6. The van der Waals surface area contributed by atoms with Gasteiger partial charge in [-0.2, -0.15) is 5.26 Å². The molecular weight excluding hydrogens is 406 g/mol. The number of nitro groups is 1. The minimum Gasteiger partial charge on any atom is -0.360 e. The summed E-state index contributed by atoms with van der Waals surface area (Å²) >= 11 is 0. The third-order valence-electron chi connectivity index (χ3n) is 5.20. The number of carbonyl (C=O) groups excluding carboxylic acids is 1. The monoisotopic (exact) mass is 431 g/mol. The van der Waals surface area contributed by atoms with E-state index in [1.807, 2.05) is 36.4 Å². The van der Waals surface area contributed by atoms with Gasteiger partial charge in [0.25, 0.3) is 0 Å². The molecule has 0 aliphatic heterocycles. The molecular formula is C24H25N5O3. The number of carbonyl (C=O) groups is 1. The van der Waals surface area contributed by atoms with Crippen LogP contribution in [0, 0.1) is 35.3 Å². The van der Waals surface area contributed by atoms with Gasteiger partial charge in [-0.1, -0.05) is 24.3 Å². The third kappa shape index (κ3) is 5.01. The van der Waals surface area contributed by atoms with Crippen LogP contribution in [0.1, 0.15) is 47.1 Å². The topological polar surface area (TPSA) is 114 Å². The normalized spacial score (nSPS) is 10.6. The van der Waals surface area contributed by atoms with Crippen LogP contribution in [0.15, 0.2) is 42.5 Å². The van der Waals surface area contributed by atoms with Gasteiger partial charge in [0.05, 0.1) is 16.7 Å². The number of anilines is 1. The molecule has 0 radical (unpaired) electrons. The molecule has 0 spiro atoms. The second-order valence-corrected chi connectivity index (χ2v) is 7.66. The first-order chi connectivity index (χ1) is 15.3. The Labute approximate surface area is 186 Å². The van der Waals surface area contributed by atoms with Gasteiger partial charge in [0, 0.05) is 36.8 Å². The van der Waals surface area contributed by atoms with Crippen molar-refractivity contribution in [2.45, 2.75) is 46.6 Å². The molecule has 1 N–H and O–H groups in total. The van der Waals surface area contributed by atoms with Gasteiger partial charge in [-0.25, -0.2) is 4.98 Å². The van der Waals surface area contributed by atoms with E-state index in [1.165, 1.54) is 6.92 Å². The van der Waals surface area contributed by atoms with Crippen LogP contribution < -0.4 is 5.32 Å². The molecule has 0 bridgehead atoms. The highest BCUT2D eigenvalue weighted by molar-refractivity contribution is 5.83. The van der Waals surface area contributed by atoms with Gasteiger partial charge in [-0.3, -0.25) is 19.5 Å². The molecule has 1 aromatic carbocycles. The number of pyridine rings is 1. The minimum atomic E-state index is -0.419. The summed E-state index contributed by atoms with van der Waals surface area (Å²) in [5.74, 6) is 0.181. The van der Waals surface area contributed by atoms with Crippen LogP contribution in [0.4, 0.5) is 11.5 Å². The van der Waals surface area contributed by atoms with E-state index in [9.17, 15) is 14.9 Å². The Bertz CT molecular complexity index is 1190. The molecule has 3 aromatic rings. The van der Waals surface area contributed by atoms with Gasteiger partial charge in [-0.05, 0) is 56.0 Å². The Balaban J connectivity index is 1.79. The number of benzene rings is 1. The van der Waals surface area contributed by atoms with Gasteiger partial charge < -0.3 is 5.32 Å². The molecule has 164 valence electrons. The van der Waals surface area contributed by atoms with Crippen molar-refractivity contribution in [3.05, 3.63) is 75.1 Å². The molecule has 8 nitrogen and oxygen atoms in total. The molecule has 0 fully saturated rings. The van der Waals surface area contributed by atoms with Gasteiger partial charge in [0.2, 0.25) is 11.7 Å². The first-order valence-electron chi connectivity index (χ1n) is 10.4. The molecule has 0 aliphatic rings. The Hall–Kier alpha value is -3.99. The third-order valence-corrected chi connectivity index (χ3v) is 5.20.